The lowest BCUT2D eigenvalue weighted by Crippen LogP contribution is -2.14. The predicted molar refractivity (Wildman–Crippen MR) is 87.6 cm³/mol. The summed E-state index contributed by atoms with van der Waals surface area (Å²) in [5.41, 5.74) is 3.19. The van der Waals surface area contributed by atoms with Gasteiger partial charge in [0.05, 0.1) is 22.9 Å². The summed E-state index contributed by atoms with van der Waals surface area (Å²) in [6, 6.07) is 10.5. The second-order valence-corrected chi connectivity index (χ2v) is 5.88. The molecule has 2 aromatic rings. The number of carbonyl (C=O) groups excluding carboxylic acids is 2. The molecule has 2 N–H and O–H groups in total. The van der Waals surface area contributed by atoms with Gasteiger partial charge in [0.2, 0.25) is 11.8 Å². The molecule has 22 heavy (non-hydrogen) atoms. The quantitative estimate of drug-likeness (QED) is 0.899. The number of halogens is 2. The zero-order chi connectivity index (χ0) is 15.7. The number of nitrogens with one attached hydrogen (secondary N) is 2. The fraction of sp³-hybridized carbons (Fsp3) is 0.125. The highest BCUT2D eigenvalue weighted by Crippen LogP contribution is 2.26. The van der Waals surface area contributed by atoms with Crippen molar-refractivity contribution in [3.8, 4) is 0 Å². The van der Waals surface area contributed by atoms with Gasteiger partial charge in [-0.1, -0.05) is 35.3 Å². The summed E-state index contributed by atoms with van der Waals surface area (Å²) in [6.07, 6.45) is 0.583. The van der Waals surface area contributed by atoms with Crippen LogP contribution in [0.3, 0.4) is 0 Å². The van der Waals surface area contributed by atoms with Crippen LogP contribution >= 0.6 is 23.2 Å². The number of rotatable bonds is 3. The highest BCUT2D eigenvalue weighted by atomic mass is 35.5. The summed E-state index contributed by atoms with van der Waals surface area (Å²) in [6.45, 7) is 0. The van der Waals surface area contributed by atoms with Gasteiger partial charge in [0.25, 0.3) is 0 Å². The summed E-state index contributed by atoms with van der Waals surface area (Å²) in [4.78, 5) is 23.4. The Morgan fingerprint density at radius 1 is 1.14 bits per heavy atom. The second-order valence-electron chi connectivity index (χ2n) is 5.07. The van der Waals surface area contributed by atoms with Crippen molar-refractivity contribution < 1.29 is 9.59 Å². The average Bonchev–Trinajstić information content (AvgIpc) is 2.82. The Labute approximate surface area is 137 Å². The lowest BCUT2D eigenvalue weighted by Gasteiger charge is -2.07. The van der Waals surface area contributed by atoms with Crippen LogP contribution in [0.15, 0.2) is 36.4 Å². The van der Waals surface area contributed by atoms with E-state index < -0.39 is 0 Å². The fourth-order valence-electron chi connectivity index (χ4n) is 2.36. The van der Waals surface area contributed by atoms with Gasteiger partial charge in [0.1, 0.15) is 0 Å². The molecular weight excluding hydrogens is 323 g/mol. The Balaban J connectivity index is 1.68. The second kappa shape index (κ2) is 5.99. The predicted octanol–water partition coefficient (Wildman–Crippen LogP) is 3.67. The van der Waals surface area contributed by atoms with Gasteiger partial charge >= 0.3 is 0 Å². The number of anilines is 2. The van der Waals surface area contributed by atoms with Crippen molar-refractivity contribution >= 4 is 46.4 Å². The molecule has 1 heterocycles. The molecule has 0 unspecified atom stereocenters. The zero-order valence-electron chi connectivity index (χ0n) is 11.5. The Hall–Kier alpha value is -2.04. The van der Waals surface area contributed by atoms with Crippen molar-refractivity contribution in [1.82, 2.24) is 0 Å². The van der Waals surface area contributed by atoms with Crippen LogP contribution in [0.5, 0.6) is 0 Å². The van der Waals surface area contributed by atoms with Crippen LogP contribution in [-0.4, -0.2) is 11.8 Å². The number of hydrogen-bond donors (Lipinski definition) is 2. The first kappa shape index (κ1) is 14.9. The summed E-state index contributed by atoms with van der Waals surface area (Å²) in [5, 5.41) is 6.36. The number of carbonyl (C=O) groups is 2. The summed E-state index contributed by atoms with van der Waals surface area (Å²) in [5.74, 6) is -0.178. The molecule has 0 spiro atoms. The van der Waals surface area contributed by atoms with Crippen LogP contribution in [0.1, 0.15) is 11.1 Å². The normalized spacial score (nSPS) is 12.7. The zero-order valence-corrected chi connectivity index (χ0v) is 13.0. The number of amides is 2. The van der Waals surface area contributed by atoms with Crippen LogP contribution in [0.2, 0.25) is 10.0 Å². The van der Waals surface area contributed by atoms with Crippen LogP contribution in [0.4, 0.5) is 11.4 Å². The molecule has 1 aliphatic heterocycles. The Morgan fingerprint density at radius 2 is 1.95 bits per heavy atom. The summed E-state index contributed by atoms with van der Waals surface area (Å²) >= 11 is 11.7. The van der Waals surface area contributed by atoms with Gasteiger partial charge in [-0.3, -0.25) is 9.59 Å². The molecule has 6 heteroatoms. The van der Waals surface area contributed by atoms with Gasteiger partial charge in [0.15, 0.2) is 0 Å². The first-order valence-corrected chi connectivity index (χ1v) is 7.43. The maximum absolute atomic E-state index is 12.1. The van der Waals surface area contributed by atoms with Crippen molar-refractivity contribution in [1.29, 1.82) is 0 Å². The third kappa shape index (κ3) is 3.24. The van der Waals surface area contributed by atoms with Crippen LogP contribution in [0.25, 0.3) is 0 Å². The van der Waals surface area contributed by atoms with Gasteiger partial charge in [-0.25, -0.2) is 0 Å². The molecule has 0 atom stereocenters. The van der Waals surface area contributed by atoms with Crippen LogP contribution < -0.4 is 10.6 Å². The first-order chi connectivity index (χ1) is 10.5. The van der Waals surface area contributed by atoms with E-state index in [0.717, 1.165) is 16.8 Å². The lowest BCUT2D eigenvalue weighted by molar-refractivity contribution is -0.116. The summed E-state index contributed by atoms with van der Waals surface area (Å²) in [7, 11) is 0. The molecule has 1 aliphatic rings. The van der Waals surface area contributed by atoms with E-state index in [0.29, 0.717) is 22.2 Å². The maximum atomic E-state index is 12.1. The van der Waals surface area contributed by atoms with Gasteiger partial charge in [0, 0.05) is 11.4 Å². The first-order valence-electron chi connectivity index (χ1n) is 6.68. The number of hydrogen-bond acceptors (Lipinski definition) is 2. The van der Waals surface area contributed by atoms with Crippen molar-refractivity contribution in [2.45, 2.75) is 12.8 Å². The molecule has 0 radical (unpaired) electrons. The third-order valence-corrected chi connectivity index (χ3v) is 4.10. The van der Waals surface area contributed by atoms with E-state index in [1.165, 1.54) is 0 Å². The van der Waals surface area contributed by atoms with Gasteiger partial charge in [-0.15, -0.1) is 0 Å². The van der Waals surface area contributed by atoms with E-state index in [9.17, 15) is 9.59 Å². The monoisotopic (exact) mass is 334 g/mol. The molecule has 0 saturated heterocycles. The molecule has 4 nitrogen and oxygen atoms in total. The van der Waals surface area contributed by atoms with Gasteiger partial charge in [-0.05, 0) is 35.4 Å². The molecule has 0 fully saturated rings. The van der Waals surface area contributed by atoms with E-state index in [1.807, 2.05) is 18.2 Å². The minimum atomic E-state index is -0.157. The highest BCUT2D eigenvalue weighted by Gasteiger charge is 2.18. The smallest absolute Gasteiger partial charge is 0.228 e. The van der Waals surface area contributed by atoms with E-state index in [-0.39, 0.29) is 18.2 Å². The SMILES string of the molecule is O=C(Cc1ccc2c(c1)CC(=O)N2)Nc1ccc(Cl)c(Cl)c1. The third-order valence-electron chi connectivity index (χ3n) is 3.36. The lowest BCUT2D eigenvalue weighted by atomic mass is 10.1. The number of benzene rings is 2. The molecule has 0 aromatic heterocycles. The minimum Gasteiger partial charge on any atom is -0.326 e. The van der Waals surface area contributed by atoms with Crippen molar-refractivity contribution in [3.05, 3.63) is 57.6 Å². The van der Waals surface area contributed by atoms with Crippen LogP contribution in [-0.2, 0) is 22.4 Å². The largest absolute Gasteiger partial charge is 0.326 e. The van der Waals surface area contributed by atoms with Crippen molar-refractivity contribution in [2.24, 2.45) is 0 Å². The molecule has 2 aromatic carbocycles. The highest BCUT2D eigenvalue weighted by molar-refractivity contribution is 6.42. The van der Waals surface area contributed by atoms with Crippen molar-refractivity contribution in [2.75, 3.05) is 10.6 Å². The topological polar surface area (TPSA) is 58.2 Å². The molecule has 3 rings (SSSR count). The van der Waals surface area contributed by atoms with Gasteiger partial charge in [-0.2, -0.15) is 0 Å². The molecule has 2 amide bonds. The van der Waals surface area contributed by atoms with Gasteiger partial charge < -0.3 is 10.6 Å². The van der Waals surface area contributed by atoms with E-state index in [2.05, 4.69) is 10.6 Å². The number of fused-ring (bicyclic) bond motifs is 1. The Bertz CT molecular complexity index is 775. The summed E-state index contributed by atoms with van der Waals surface area (Å²) < 4.78 is 0. The molecule has 0 bridgehead atoms. The molecular formula is C16H12Cl2N2O2. The minimum absolute atomic E-state index is 0.0209. The standard InChI is InChI=1S/C16H12Cl2N2O2/c17-12-3-2-11(8-13(12)18)19-15(21)6-9-1-4-14-10(5-9)7-16(22)20-14/h1-5,8H,6-7H2,(H,19,21)(H,20,22). The molecule has 112 valence electrons. The molecule has 0 aliphatic carbocycles. The van der Waals surface area contributed by atoms with Crippen LogP contribution in [0, 0.1) is 0 Å². The van der Waals surface area contributed by atoms with Crippen molar-refractivity contribution in [3.63, 3.8) is 0 Å². The van der Waals surface area contributed by atoms with E-state index >= 15 is 0 Å². The average molecular weight is 335 g/mol. The Kier molecular flexibility index (Phi) is 4.05. The fourth-order valence-corrected chi connectivity index (χ4v) is 2.66. The maximum Gasteiger partial charge on any atom is 0.228 e. The van der Waals surface area contributed by atoms with E-state index in [1.54, 1.807) is 18.2 Å². The van der Waals surface area contributed by atoms with E-state index in [4.69, 9.17) is 23.2 Å². The molecule has 0 saturated carbocycles. The Morgan fingerprint density at radius 3 is 2.73 bits per heavy atom.